The third-order valence-electron chi connectivity index (χ3n) is 18.0. The molecule has 0 heterocycles. The average molecular weight is 1600 g/mol. The van der Waals surface area contributed by atoms with Crippen LogP contribution in [0.4, 0.5) is 0 Å². The standard InChI is InChI=1S/C75H142N24O14/c1-10-11-12-13-14-15-16-17-18-19-20-21-22-34-60(100)91-56(35-36-62(102)103)64(105)89-45-61(101)92-57(42-46(2)3)71(112)97-54(33-28-41-88-75(83)84)68(109)93-51(29-23-24-37-76)65(106)94-52(31-26-39-86-73(79)80)66(107)95-53(32-27-40-87-74(81)82)67(108)96-55(30-25-38-85-50(9)77)69(110)98-59(44-48(6)7)72(113)99-58(43-47(4)5)70(111)90-49(8)63(78)104/h46-49,51-59H,10-45,76H2,1-9H3,(H2,77,85)(H2,78,104)(H,89,105)(H,90,111)(H,91,100)(H,92,101)(H,93,109)(H,94,106)(H,95,107)(H,96,108)(H,97,112)(H,98,110)(H,99,113)(H,102,103)(H4,79,80,86)(H4,81,82,87)(H4,83,84,88). The molecule has 0 aliphatic heterocycles. The van der Waals surface area contributed by atoms with Gasteiger partial charge < -0.3 is 115 Å². The molecule has 0 spiro atoms. The van der Waals surface area contributed by atoms with Gasteiger partial charge in [-0.3, -0.25) is 82.3 Å². The van der Waals surface area contributed by atoms with Crippen LogP contribution in [0.1, 0.15) is 255 Å². The summed E-state index contributed by atoms with van der Waals surface area (Å²) in [6.07, 6.45) is 14.4. The van der Waals surface area contributed by atoms with Crippen molar-refractivity contribution in [2.45, 2.75) is 315 Å². The normalized spacial score (nSPS) is 14.0. The Morgan fingerprint density at radius 3 is 0.929 bits per heavy atom. The monoisotopic (exact) mass is 1600 g/mol. The third-order valence-corrected chi connectivity index (χ3v) is 18.0. The first-order chi connectivity index (χ1) is 53.4. The number of nitrogens with one attached hydrogen (secondary N) is 11. The van der Waals surface area contributed by atoms with Crippen molar-refractivity contribution >= 4 is 101 Å². The number of primary amides is 1. The fraction of sp³-hybridized carbons (Fsp3) is 0.773. The van der Waals surface area contributed by atoms with Crippen LogP contribution in [0.25, 0.3) is 0 Å². The van der Waals surface area contributed by atoms with Crippen LogP contribution in [0.3, 0.4) is 0 Å². The lowest BCUT2D eigenvalue weighted by molar-refractivity contribution is -0.138. The van der Waals surface area contributed by atoms with Gasteiger partial charge in [-0.25, -0.2) is 0 Å². The summed E-state index contributed by atoms with van der Waals surface area (Å²) in [7, 11) is 0. The van der Waals surface area contributed by atoms with Crippen LogP contribution in [-0.2, 0) is 62.3 Å². The van der Waals surface area contributed by atoms with E-state index in [0.717, 1.165) is 25.7 Å². The van der Waals surface area contributed by atoms with Gasteiger partial charge in [0.1, 0.15) is 60.4 Å². The molecule has 10 atom stereocenters. The summed E-state index contributed by atoms with van der Waals surface area (Å²) in [6.45, 7) is 15.5. The molecule has 0 aliphatic carbocycles. The summed E-state index contributed by atoms with van der Waals surface area (Å²) < 4.78 is 0. The molecule has 38 heteroatoms. The van der Waals surface area contributed by atoms with Crippen molar-refractivity contribution in [1.82, 2.24) is 58.5 Å². The van der Waals surface area contributed by atoms with Crippen molar-refractivity contribution in [3.05, 3.63) is 0 Å². The number of rotatable bonds is 65. The topological polar surface area (TPSA) is 658 Å². The Bertz CT molecular complexity index is 3030. The number of carboxylic acids is 1. The molecule has 0 saturated carbocycles. The van der Waals surface area contributed by atoms with Crippen molar-refractivity contribution in [2.24, 2.45) is 89.3 Å². The SMILES string of the molecule is CCCCCCCCCCCCCCCC(=O)NC(CCC(=O)O)C(=O)NCC(=O)NC(CC(C)C)C(=O)NC(CCCN=C(N)N)C(=O)NC(CCCCN)C(=O)NC(CCCN=C(N)N)C(=O)NC(CCCN=C(N)N)C(=O)NC(CCCN=C(C)N)C(=O)NC(CC(C)C)C(=O)NC(CC(C)C)C(=O)NC(C)C(N)=O. The van der Waals surface area contributed by atoms with Crippen LogP contribution in [0.2, 0.25) is 0 Å². The third kappa shape index (κ3) is 52.3. The largest absolute Gasteiger partial charge is 0.481 e. The molecule has 38 nitrogen and oxygen atoms in total. The molecule has 0 fully saturated rings. The molecule has 0 aromatic rings. The van der Waals surface area contributed by atoms with Gasteiger partial charge in [0.05, 0.1) is 12.4 Å². The van der Waals surface area contributed by atoms with E-state index in [1.807, 2.05) is 13.8 Å². The van der Waals surface area contributed by atoms with Crippen molar-refractivity contribution in [2.75, 3.05) is 39.3 Å². The maximum atomic E-state index is 14.9. The Morgan fingerprint density at radius 1 is 0.319 bits per heavy atom. The second-order valence-corrected chi connectivity index (χ2v) is 30.1. The van der Waals surface area contributed by atoms with Gasteiger partial charge in [0, 0.05) is 39.0 Å². The van der Waals surface area contributed by atoms with E-state index in [9.17, 15) is 67.4 Å². The number of carboxylic acid groups (broad SMARTS) is 1. The van der Waals surface area contributed by atoms with E-state index in [1.165, 1.54) is 58.3 Å². The minimum Gasteiger partial charge on any atom is -0.481 e. The highest BCUT2D eigenvalue weighted by molar-refractivity contribution is 5.99. The summed E-state index contributed by atoms with van der Waals surface area (Å²) >= 11 is 0. The molecule has 0 aromatic carbocycles. The summed E-state index contributed by atoms with van der Waals surface area (Å²) in [6, 6.07) is -13.4. The van der Waals surface area contributed by atoms with E-state index in [2.05, 4.69) is 85.4 Å². The number of amides is 12. The fourth-order valence-corrected chi connectivity index (χ4v) is 11.9. The van der Waals surface area contributed by atoms with Gasteiger partial charge >= 0.3 is 5.97 Å². The van der Waals surface area contributed by atoms with Gasteiger partial charge in [-0.05, 0) is 141 Å². The maximum absolute atomic E-state index is 14.9. The number of unbranched alkanes of at least 4 members (excludes halogenated alkanes) is 13. The Balaban J connectivity index is 7.24. The minimum absolute atomic E-state index is 0.00989. The second-order valence-electron chi connectivity index (χ2n) is 30.1. The highest BCUT2D eigenvalue weighted by Gasteiger charge is 2.36. The van der Waals surface area contributed by atoms with Gasteiger partial charge in [-0.1, -0.05) is 126 Å². The van der Waals surface area contributed by atoms with Crippen molar-refractivity contribution in [1.29, 1.82) is 0 Å². The molecule has 0 aliphatic rings. The molecular weight excluding hydrogens is 1460 g/mol. The number of nitrogens with two attached hydrogens (primary N) is 9. The van der Waals surface area contributed by atoms with Crippen LogP contribution in [0.15, 0.2) is 20.0 Å². The predicted octanol–water partition coefficient (Wildman–Crippen LogP) is -0.613. The highest BCUT2D eigenvalue weighted by Crippen LogP contribution is 2.17. The molecule has 0 radical (unpaired) electrons. The molecule has 0 bridgehead atoms. The van der Waals surface area contributed by atoms with Crippen LogP contribution in [-0.4, -0.2) is 205 Å². The first-order valence-corrected chi connectivity index (χ1v) is 40.3. The number of aliphatic imine (C=N–C) groups is 4. The molecule has 30 N–H and O–H groups in total. The van der Waals surface area contributed by atoms with Crippen LogP contribution in [0.5, 0.6) is 0 Å². The molecule has 0 rings (SSSR count). The van der Waals surface area contributed by atoms with Gasteiger partial charge in [-0.2, -0.15) is 0 Å². The zero-order valence-electron chi connectivity index (χ0n) is 68.7. The van der Waals surface area contributed by atoms with Crippen molar-refractivity contribution < 1.29 is 67.4 Å². The summed E-state index contributed by atoms with van der Waals surface area (Å²) in [5.41, 5.74) is 50.9. The number of carbonyl (C=O) groups is 13. The first kappa shape index (κ1) is 103. The number of guanidine groups is 3. The Morgan fingerprint density at radius 2 is 0.611 bits per heavy atom. The summed E-state index contributed by atoms with van der Waals surface area (Å²) in [5, 5.41) is 38.7. The Kier molecular flexibility index (Phi) is 55.7. The predicted molar refractivity (Wildman–Crippen MR) is 437 cm³/mol. The number of aliphatic carboxylic acids is 1. The fourth-order valence-electron chi connectivity index (χ4n) is 11.9. The zero-order valence-corrected chi connectivity index (χ0v) is 68.7. The van der Waals surface area contributed by atoms with Crippen LogP contribution < -0.4 is 110 Å². The quantitative estimate of drug-likeness (QED) is 0.0205. The van der Waals surface area contributed by atoms with E-state index in [0.29, 0.717) is 12.8 Å². The number of hydrogen-bond acceptors (Lipinski definition) is 18. The molecular formula is C75H142N24O14. The summed E-state index contributed by atoms with van der Waals surface area (Å²) in [4.78, 5) is 196. The summed E-state index contributed by atoms with van der Waals surface area (Å²) in [5.74, 6) is -12.0. The van der Waals surface area contributed by atoms with Gasteiger partial charge in [0.25, 0.3) is 0 Å². The molecule has 12 amide bonds. The first-order valence-electron chi connectivity index (χ1n) is 40.3. The van der Waals surface area contributed by atoms with E-state index >= 15 is 0 Å². The Labute approximate surface area is 667 Å². The van der Waals surface area contributed by atoms with Gasteiger partial charge in [0.2, 0.25) is 70.9 Å². The number of hydrogen-bond donors (Lipinski definition) is 21. The van der Waals surface area contributed by atoms with E-state index in [1.54, 1.807) is 34.6 Å². The number of nitrogens with zero attached hydrogens (tertiary/aromatic N) is 4. The van der Waals surface area contributed by atoms with E-state index < -0.39 is 150 Å². The maximum Gasteiger partial charge on any atom is 0.303 e. The molecule has 0 aromatic heterocycles. The number of carbonyl (C=O) groups excluding carboxylic acids is 12. The zero-order chi connectivity index (χ0) is 85.4. The smallest absolute Gasteiger partial charge is 0.303 e. The lowest BCUT2D eigenvalue weighted by Crippen LogP contribution is -2.60. The van der Waals surface area contributed by atoms with Crippen LogP contribution in [0, 0.1) is 17.8 Å². The van der Waals surface area contributed by atoms with Gasteiger partial charge in [0.15, 0.2) is 17.9 Å². The van der Waals surface area contributed by atoms with Crippen molar-refractivity contribution in [3.8, 4) is 0 Å². The minimum atomic E-state index is -1.50. The van der Waals surface area contributed by atoms with Gasteiger partial charge in [-0.15, -0.1) is 0 Å². The van der Waals surface area contributed by atoms with Crippen LogP contribution >= 0.6 is 0 Å². The lowest BCUT2D eigenvalue weighted by Gasteiger charge is -2.29. The van der Waals surface area contributed by atoms with E-state index in [-0.39, 0.29) is 171 Å². The van der Waals surface area contributed by atoms with Crippen molar-refractivity contribution in [3.63, 3.8) is 0 Å². The number of amidine groups is 1. The molecule has 0 saturated heterocycles. The lowest BCUT2D eigenvalue weighted by atomic mass is 9.99. The second kappa shape index (κ2) is 60.9. The molecule has 10 unspecified atom stereocenters. The molecule has 113 heavy (non-hydrogen) atoms. The Hall–Kier alpha value is -9.65. The van der Waals surface area contributed by atoms with E-state index in [4.69, 9.17) is 51.6 Å². The average Bonchev–Trinajstić information content (AvgIpc) is 0.855. The highest BCUT2D eigenvalue weighted by atomic mass is 16.4. The molecule has 646 valence electrons.